The molecule has 1 N–H and O–H groups in total. The Morgan fingerprint density at radius 1 is 1.15 bits per heavy atom. The molecule has 0 bridgehead atoms. The van der Waals surface area contributed by atoms with Crippen molar-refractivity contribution in [3.8, 4) is 11.5 Å². The minimum absolute atomic E-state index is 0.210. The van der Waals surface area contributed by atoms with Gasteiger partial charge in [-0.1, -0.05) is 12.1 Å². The van der Waals surface area contributed by atoms with Crippen LogP contribution in [0.1, 0.15) is 13.3 Å². The van der Waals surface area contributed by atoms with Crippen molar-refractivity contribution < 1.29 is 23.9 Å². The van der Waals surface area contributed by atoms with Gasteiger partial charge in [-0.05, 0) is 36.4 Å². The zero-order valence-corrected chi connectivity index (χ0v) is 14.4. The van der Waals surface area contributed by atoms with E-state index in [2.05, 4.69) is 5.32 Å². The number of fused-ring (bicyclic) bond motifs is 1. The van der Waals surface area contributed by atoms with Crippen LogP contribution in [0.3, 0.4) is 0 Å². The maximum Gasteiger partial charge on any atom is 0.335 e. The minimum atomic E-state index is -1.01. The fraction of sp³-hybridized carbons (Fsp3) is 0.211. The first-order valence-electron chi connectivity index (χ1n) is 8.04. The largest absolute Gasteiger partial charge is 0.497 e. The molecular formula is C19H18N2O5. The number of benzene rings is 2. The van der Waals surface area contributed by atoms with Crippen molar-refractivity contribution in [3.63, 3.8) is 0 Å². The number of ether oxygens (including phenoxy) is 2. The van der Waals surface area contributed by atoms with Gasteiger partial charge in [0.15, 0.2) is 5.75 Å². The maximum absolute atomic E-state index is 12.4. The van der Waals surface area contributed by atoms with E-state index in [1.165, 1.54) is 11.8 Å². The monoisotopic (exact) mass is 354 g/mol. The third-order valence-corrected chi connectivity index (χ3v) is 4.01. The minimum Gasteiger partial charge on any atom is -0.497 e. The molecule has 2 aromatic carbocycles. The highest BCUT2D eigenvalue weighted by Gasteiger charge is 2.38. The topological polar surface area (TPSA) is 84.9 Å². The molecule has 0 saturated heterocycles. The number of carbonyl (C=O) groups excluding carboxylic acids is 3. The molecule has 1 unspecified atom stereocenters. The van der Waals surface area contributed by atoms with Crippen LogP contribution >= 0.6 is 0 Å². The molecule has 1 atom stereocenters. The highest BCUT2D eigenvalue weighted by atomic mass is 16.5. The summed E-state index contributed by atoms with van der Waals surface area (Å²) in [5.74, 6) is -0.402. The van der Waals surface area contributed by atoms with Gasteiger partial charge in [0.1, 0.15) is 11.8 Å². The Bertz CT molecular complexity index is 847. The zero-order valence-electron chi connectivity index (χ0n) is 14.4. The van der Waals surface area contributed by atoms with Crippen LogP contribution < -0.4 is 19.7 Å². The number of carbonyl (C=O) groups is 3. The lowest BCUT2D eigenvalue weighted by Gasteiger charge is -2.34. The molecule has 1 aliphatic rings. The summed E-state index contributed by atoms with van der Waals surface area (Å²) in [7, 11) is 1.55. The molecule has 7 heteroatoms. The SMILES string of the molecule is COc1ccc(NC(=O)CC2C(=O)Oc3ccccc3N2C(C)=O)cc1. The van der Waals surface area contributed by atoms with E-state index < -0.39 is 17.9 Å². The molecule has 1 aliphatic heterocycles. The first-order chi connectivity index (χ1) is 12.5. The van der Waals surface area contributed by atoms with Crippen LogP contribution in [-0.4, -0.2) is 30.9 Å². The van der Waals surface area contributed by atoms with Crippen molar-refractivity contribution in [3.05, 3.63) is 48.5 Å². The van der Waals surface area contributed by atoms with Gasteiger partial charge in [-0.15, -0.1) is 0 Å². The lowest BCUT2D eigenvalue weighted by molar-refractivity contribution is -0.140. The van der Waals surface area contributed by atoms with E-state index in [0.29, 0.717) is 22.9 Å². The Balaban J connectivity index is 1.77. The molecule has 134 valence electrons. The molecule has 7 nitrogen and oxygen atoms in total. The Kier molecular flexibility index (Phi) is 4.88. The summed E-state index contributed by atoms with van der Waals surface area (Å²) >= 11 is 0. The molecular weight excluding hydrogens is 336 g/mol. The smallest absolute Gasteiger partial charge is 0.335 e. The molecule has 2 amide bonds. The second kappa shape index (κ2) is 7.26. The third-order valence-electron chi connectivity index (χ3n) is 4.01. The predicted molar refractivity (Wildman–Crippen MR) is 95.3 cm³/mol. The fourth-order valence-corrected chi connectivity index (χ4v) is 2.82. The molecule has 0 aliphatic carbocycles. The molecule has 0 saturated carbocycles. The van der Waals surface area contributed by atoms with Crippen LogP contribution in [-0.2, 0) is 14.4 Å². The van der Waals surface area contributed by atoms with Gasteiger partial charge in [-0.3, -0.25) is 14.5 Å². The van der Waals surface area contributed by atoms with E-state index in [1.807, 2.05) is 0 Å². The number of hydrogen-bond acceptors (Lipinski definition) is 5. The summed E-state index contributed by atoms with van der Waals surface area (Å²) in [6.07, 6.45) is -0.210. The number of para-hydroxylation sites is 2. The number of anilines is 2. The van der Waals surface area contributed by atoms with E-state index in [4.69, 9.17) is 9.47 Å². The van der Waals surface area contributed by atoms with Gasteiger partial charge in [-0.2, -0.15) is 0 Å². The molecule has 3 rings (SSSR count). The van der Waals surface area contributed by atoms with E-state index in [1.54, 1.807) is 55.6 Å². The second-order valence-corrected chi connectivity index (χ2v) is 5.77. The van der Waals surface area contributed by atoms with Gasteiger partial charge >= 0.3 is 5.97 Å². The van der Waals surface area contributed by atoms with Gasteiger partial charge < -0.3 is 14.8 Å². The number of amides is 2. The van der Waals surface area contributed by atoms with Gasteiger partial charge in [0, 0.05) is 12.6 Å². The van der Waals surface area contributed by atoms with Crippen LogP contribution in [0.2, 0.25) is 0 Å². The van der Waals surface area contributed by atoms with Gasteiger partial charge in [0.25, 0.3) is 0 Å². The Morgan fingerprint density at radius 3 is 2.50 bits per heavy atom. The summed E-state index contributed by atoms with van der Waals surface area (Å²) in [4.78, 5) is 38.1. The zero-order chi connectivity index (χ0) is 18.7. The van der Waals surface area contributed by atoms with Crippen LogP contribution in [0.4, 0.5) is 11.4 Å². The van der Waals surface area contributed by atoms with Crippen molar-refractivity contribution in [2.24, 2.45) is 0 Å². The molecule has 2 aromatic rings. The van der Waals surface area contributed by atoms with Crippen molar-refractivity contribution in [2.75, 3.05) is 17.3 Å². The maximum atomic E-state index is 12.4. The van der Waals surface area contributed by atoms with E-state index in [-0.39, 0.29) is 12.3 Å². The number of hydrogen-bond donors (Lipinski definition) is 1. The van der Waals surface area contributed by atoms with E-state index in [9.17, 15) is 14.4 Å². The van der Waals surface area contributed by atoms with Crippen molar-refractivity contribution in [1.82, 2.24) is 0 Å². The number of rotatable bonds is 4. The van der Waals surface area contributed by atoms with Gasteiger partial charge in [-0.25, -0.2) is 4.79 Å². The van der Waals surface area contributed by atoms with Crippen LogP contribution in [0, 0.1) is 0 Å². The van der Waals surface area contributed by atoms with Crippen molar-refractivity contribution in [1.29, 1.82) is 0 Å². The highest BCUT2D eigenvalue weighted by Crippen LogP contribution is 2.35. The van der Waals surface area contributed by atoms with Gasteiger partial charge in [0.05, 0.1) is 19.2 Å². The van der Waals surface area contributed by atoms with Crippen LogP contribution in [0.25, 0.3) is 0 Å². The average Bonchev–Trinajstić information content (AvgIpc) is 2.62. The Morgan fingerprint density at radius 2 is 1.85 bits per heavy atom. The fourth-order valence-electron chi connectivity index (χ4n) is 2.82. The Labute approximate surface area is 150 Å². The summed E-state index contributed by atoms with van der Waals surface area (Å²) in [5, 5.41) is 2.70. The predicted octanol–water partition coefficient (Wildman–Crippen LogP) is 2.36. The molecule has 0 radical (unpaired) electrons. The number of nitrogens with one attached hydrogen (secondary N) is 1. The lowest BCUT2D eigenvalue weighted by Crippen LogP contribution is -2.50. The summed E-state index contributed by atoms with van der Waals surface area (Å²) in [6, 6.07) is 12.5. The second-order valence-electron chi connectivity index (χ2n) is 5.77. The quantitative estimate of drug-likeness (QED) is 0.673. The number of nitrogens with zero attached hydrogens (tertiary/aromatic N) is 1. The number of methoxy groups -OCH3 is 1. The molecule has 0 aromatic heterocycles. The molecule has 0 fully saturated rings. The van der Waals surface area contributed by atoms with E-state index >= 15 is 0 Å². The highest BCUT2D eigenvalue weighted by molar-refractivity contribution is 6.05. The van der Waals surface area contributed by atoms with E-state index in [0.717, 1.165) is 0 Å². The summed E-state index contributed by atoms with van der Waals surface area (Å²) in [6.45, 7) is 1.35. The van der Waals surface area contributed by atoms with Crippen molar-refractivity contribution >= 4 is 29.2 Å². The average molecular weight is 354 g/mol. The number of esters is 1. The van der Waals surface area contributed by atoms with Crippen LogP contribution in [0.5, 0.6) is 11.5 Å². The molecule has 1 heterocycles. The van der Waals surface area contributed by atoms with Crippen LogP contribution in [0.15, 0.2) is 48.5 Å². The third kappa shape index (κ3) is 3.51. The summed E-state index contributed by atoms with van der Waals surface area (Å²) in [5.41, 5.74) is 1.04. The first kappa shape index (κ1) is 17.5. The standard InChI is InChI=1S/C19H18N2O5/c1-12(22)21-15-5-3-4-6-17(15)26-19(24)16(21)11-18(23)20-13-7-9-14(25-2)10-8-13/h3-10,16H,11H2,1-2H3,(H,20,23). The summed E-state index contributed by atoms with van der Waals surface area (Å²) < 4.78 is 10.3. The molecule has 0 spiro atoms. The Hall–Kier alpha value is -3.35. The van der Waals surface area contributed by atoms with Gasteiger partial charge in [0.2, 0.25) is 11.8 Å². The lowest BCUT2D eigenvalue weighted by atomic mass is 10.1. The molecule has 26 heavy (non-hydrogen) atoms. The first-order valence-corrected chi connectivity index (χ1v) is 8.04. The normalized spacial score (nSPS) is 15.7. The van der Waals surface area contributed by atoms with Crippen molar-refractivity contribution in [2.45, 2.75) is 19.4 Å².